The highest BCUT2D eigenvalue weighted by Crippen LogP contribution is 2.27. The number of hydrogen-bond acceptors (Lipinski definition) is 4. The van der Waals surface area contributed by atoms with Crippen LogP contribution in [0.3, 0.4) is 0 Å². The first-order valence-corrected chi connectivity index (χ1v) is 6.05. The summed E-state index contributed by atoms with van der Waals surface area (Å²) in [6, 6.07) is 0. The monoisotopic (exact) mass is 259 g/mol. The molecule has 0 saturated carbocycles. The van der Waals surface area contributed by atoms with Crippen LogP contribution in [0.4, 0.5) is 10.2 Å². The number of alkyl halides is 1. The Bertz CT molecular complexity index is 379. The van der Waals surface area contributed by atoms with Crippen LogP contribution in [0.1, 0.15) is 12.8 Å². The molecule has 1 saturated heterocycles. The Morgan fingerprint density at radius 3 is 2.94 bits per heavy atom. The van der Waals surface area contributed by atoms with Crippen molar-refractivity contribution in [3.8, 4) is 0 Å². The molecule has 0 aliphatic carbocycles. The molecule has 1 N–H and O–H groups in total. The average molecular weight is 260 g/mol. The Kier molecular flexibility index (Phi) is 4.12. The molecule has 1 aliphatic heterocycles. The van der Waals surface area contributed by atoms with E-state index in [4.69, 9.17) is 11.6 Å². The molecule has 94 valence electrons. The summed E-state index contributed by atoms with van der Waals surface area (Å²) < 4.78 is 12.4. The molecule has 1 aromatic rings. The van der Waals surface area contributed by atoms with E-state index in [1.54, 1.807) is 6.20 Å². The van der Waals surface area contributed by atoms with Crippen LogP contribution in [0.15, 0.2) is 12.4 Å². The summed E-state index contributed by atoms with van der Waals surface area (Å²) in [6.07, 6.45) is 3.66. The quantitative estimate of drug-likeness (QED) is 0.897. The standard InChI is InChI=1S/C11H15ClFN3O/c12-10-11(15-5-4-14-10)16-6-2-9(17)8(7-16)1-3-13/h4-5,8-9,17H,1-3,6-7H2/t8-,9-/m1/s1. The lowest BCUT2D eigenvalue weighted by atomic mass is 9.92. The molecule has 4 nitrogen and oxygen atoms in total. The van der Waals surface area contributed by atoms with Gasteiger partial charge in [-0.3, -0.25) is 4.39 Å². The van der Waals surface area contributed by atoms with Crippen molar-refractivity contribution < 1.29 is 9.50 Å². The number of aromatic nitrogens is 2. The van der Waals surface area contributed by atoms with Gasteiger partial charge in [-0.2, -0.15) is 0 Å². The Hall–Kier alpha value is -0.940. The molecule has 1 aliphatic rings. The first kappa shape index (κ1) is 12.5. The minimum Gasteiger partial charge on any atom is -0.393 e. The third-order valence-electron chi connectivity index (χ3n) is 3.11. The normalized spacial score (nSPS) is 25.0. The summed E-state index contributed by atoms with van der Waals surface area (Å²) in [7, 11) is 0. The molecule has 17 heavy (non-hydrogen) atoms. The van der Waals surface area contributed by atoms with Crippen LogP contribution in [0, 0.1) is 5.92 Å². The Labute approximate surface area is 104 Å². The van der Waals surface area contributed by atoms with E-state index < -0.39 is 12.8 Å². The summed E-state index contributed by atoms with van der Waals surface area (Å²) in [5.41, 5.74) is 0. The predicted octanol–water partition coefficient (Wildman–Crippen LogP) is 1.68. The summed E-state index contributed by atoms with van der Waals surface area (Å²) in [4.78, 5) is 10.1. The number of anilines is 1. The average Bonchev–Trinajstić information content (AvgIpc) is 2.33. The second-order valence-corrected chi connectivity index (χ2v) is 4.57. The van der Waals surface area contributed by atoms with E-state index in [1.165, 1.54) is 6.20 Å². The van der Waals surface area contributed by atoms with Gasteiger partial charge in [0.2, 0.25) is 0 Å². The molecule has 0 unspecified atom stereocenters. The van der Waals surface area contributed by atoms with Crippen molar-refractivity contribution in [2.75, 3.05) is 24.7 Å². The van der Waals surface area contributed by atoms with Gasteiger partial charge in [0, 0.05) is 31.4 Å². The van der Waals surface area contributed by atoms with E-state index in [1.807, 2.05) is 4.90 Å². The van der Waals surface area contributed by atoms with Crippen molar-refractivity contribution in [1.29, 1.82) is 0 Å². The van der Waals surface area contributed by atoms with Gasteiger partial charge in [0.25, 0.3) is 0 Å². The second-order valence-electron chi connectivity index (χ2n) is 4.21. The van der Waals surface area contributed by atoms with Crippen molar-refractivity contribution in [3.05, 3.63) is 17.5 Å². The molecule has 2 rings (SSSR count). The highest BCUT2D eigenvalue weighted by atomic mass is 35.5. The van der Waals surface area contributed by atoms with Gasteiger partial charge in [0.15, 0.2) is 11.0 Å². The minimum absolute atomic E-state index is 0.0631. The fraction of sp³-hybridized carbons (Fsp3) is 0.636. The Balaban J connectivity index is 2.10. The van der Waals surface area contributed by atoms with Crippen LogP contribution in [0.2, 0.25) is 5.15 Å². The Morgan fingerprint density at radius 2 is 2.24 bits per heavy atom. The molecular formula is C11H15ClFN3O. The summed E-state index contributed by atoms with van der Waals surface area (Å²) in [5.74, 6) is 0.553. The number of halogens is 2. The largest absolute Gasteiger partial charge is 0.393 e. The predicted molar refractivity (Wildman–Crippen MR) is 64.0 cm³/mol. The second kappa shape index (κ2) is 5.60. The molecule has 0 spiro atoms. The van der Waals surface area contributed by atoms with Gasteiger partial charge in [0.05, 0.1) is 12.8 Å². The van der Waals surface area contributed by atoms with Crippen LogP contribution in [0.5, 0.6) is 0 Å². The molecule has 0 bridgehead atoms. The van der Waals surface area contributed by atoms with Crippen LogP contribution in [-0.4, -0.2) is 40.9 Å². The molecule has 0 aromatic carbocycles. The molecule has 0 amide bonds. The molecule has 1 fully saturated rings. The third kappa shape index (κ3) is 2.84. The molecule has 6 heteroatoms. The van der Waals surface area contributed by atoms with Crippen molar-refractivity contribution >= 4 is 17.4 Å². The number of rotatable bonds is 3. The van der Waals surface area contributed by atoms with Crippen molar-refractivity contribution in [2.24, 2.45) is 5.92 Å². The maximum absolute atomic E-state index is 12.4. The minimum atomic E-state index is -0.433. The van der Waals surface area contributed by atoms with Crippen LogP contribution >= 0.6 is 11.6 Å². The van der Waals surface area contributed by atoms with E-state index in [2.05, 4.69) is 9.97 Å². The zero-order valence-electron chi connectivity index (χ0n) is 9.39. The van der Waals surface area contributed by atoms with E-state index in [0.717, 1.165) is 0 Å². The summed E-state index contributed by atoms with van der Waals surface area (Å²) in [6.45, 7) is 0.829. The van der Waals surface area contributed by atoms with Crippen molar-refractivity contribution in [3.63, 3.8) is 0 Å². The number of aliphatic hydroxyl groups is 1. The van der Waals surface area contributed by atoms with Gasteiger partial charge in [-0.25, -0.2) is 9.97 Å². The highest BCUT2D eigenvalue weighted by Gasteiger charge is 2.29. The van der Waals surface area contributed by atoms with Gasteiger partial charge in [0.1, 0.15) is 0 Å². The van der Waals surface area contributed by atoms with Crippen molar-refractivity contribution in [2.45, 2.75) is 18.9 Å². The van der Waals surface area contributed by atoms with Crippen LogP contribution < -0.4 is 4.90 Å². The number of piperidine rings is 1. The lowest BCUT2D eigenvalue weighted by Gasteiger charge is -2.36. The zero-order valence-corrected chi connectivity index (χ0v) is 10.1. The number of nitrogens with zero attached hydrogens (tertiary/aromatic N) is 3. The number of hydrogen-bond donors (Lipinski definition) is 1. The fourth-order valence-corrected chi connectivity index (χ4v) is 2.39. The maximum atomic E-state index is 12.4. The molecule has 0 radical (unpaired) electrons. The van der Waals surface area contributed by atoms with Crippen LogP contribution in [-0.2, 0) is 0 Å². The number of aliphatic hydroxyl groups excluding tert-OH is 1. The highest BCUT2D eigenvalue weighted by molar-refractivity contribution is 6.31. The lowest BCUT2D eigenvalue weighted by Crippen LogP contribution is -2.44. The van der Waals surface area contributed by atoms with E-state index in [9.17, 15) is 9.50 Å². The first-order valence-electron chi connectivity index (χ1n) is 5.68. The first-order chi connectivity index (χ1) is 8.22. The lowest BCUT2D eigenvalue weighted by molar-refractivity contribution is 0.0792. The smallest absolute Gasteiger partial charge is 0.171 e. The third-order valence-corrected chi connectivity index (χ3v) is 3.38. The van der Waals surface area contributed by atoms with E-state index >= 15 is 0 Å². The van der Waals surface area contributed by atoms with E-state index in [-0.39, 0.29) is 5.92 Å². The molecule has 2 heterocycles. The molecular weight excluding hydrogens is 245 g/mol. The molecule has 1 aromatic heterocycles. The van der Waals surface area contributed by atoms with Gasteiger partial charge in [-0.05, 0) is 12.8 Å². The Morgan fingerprint density at radius 1 is 1.47 bits per heavy atom. The fourth-order valence-electron chi connectivity index (χ4n) is 2.16. The summed E-state index contributed by atoms with van der Waals surface area (Å²) >= 11 is 5.97. The van der Waals surface area contributed by atoms with Gasteiger partial charge in [-0.15, -0.1) is 0 Å². The zero-order chi connectivity index (χ0) is 12.3. The maximum Gasteiger partial charge on any atom is 0.171 e. The summed E-state index contributed by atoms with van der Waals surface area (Å²) in [5, 5.41) is 10.1. The van der Waals surface area contributed by atoms with Gasteiger partial charge < -0.3 is 10.0 Å². The van der Waals surface area contributed by atoms with Gasteiger partial charge in [-0.1, -0.05) is 11.6 Å². The van der Waals surface area contributed by atoms with Gasteiger partial charge >= 0.3 is 0 Å². The van der Waals surface area contributed by atoms with E-state index in [0.29, 0.717) is 36.9 Å². The topological polar surface area (TPSA) is 49.2 Å². The van der Waals surface area contributed by atoms with Crippen molar-refractivity contribution in [1.82, 2.24) is 9.97 Å². The van der Waals surface area contributed by atoms with Crippen LogP contribution in [0.25, 0.3) is 0 Å². The SMILES string of the molecule is O[C@@H]1CCN(c2nccnc2Cl)C[C@H]1CCF. The molecule has 2 atom stereocenters.